The summed E-state index contributed by atoms with van der Waals surface area (Å²) in [5, 5.41) is 0. The summed E-state index contributed by atoms with van der Waals surface area (Å²) < 4.78 is 0. The van der Waals surface area contributed by atoms with E-state index >= 15 is 0 Å². The molecule has 1 heterocycles. The molecule has 1 heteroatoms. The quantitative estimate of drug-likeness (QED) is 0.484. The molecular formula is C9H13N. The largest absolute Gasteiger partial charge is 0.305 e. The Hall–Kier alpha value is -0.560. The van der Waals surface area contributed by atoms with Gasteiger partial charge in [0.15, 0.2) is 0 Å². The molecule has 10 heavy (non-hydrogen) atoms. The molecule has 2 atom stereocenters. The minimum atomic E-state index is 0.801. The molecule has 1 nitrogen and oxygen atoms in total. The fourth-order valence-corrected chi connectivity index (χ4v) is 1.89. The average Bonchev–Trinajstić information content (AvgIpc) is 2.27. The molecule has 54 valence electrons. The number of rotatable bonds is 0. The zero-order valence-electron chi connectivity index (χ0n) is 6.33. The third-order valence-corrected chi connectivity index (χ3v) is 2.42. The van der Waals surface area contributed by atoms with Crippen LogP contribution in [-0.4, -0.2) is 25.0 Å². The van der Waals surface area contributed by atoms with Gasteiger partial charge in [-0.3, -0.25) is 0 Å². The standard InChI is InChI=1S/C9H13N/c1-10-6-8-4-2-3-5-9(8)7-10/h2-5,8-9H,6-7H2,1H3. The smallest absolute Gasteiger partial charge is 0.00478 e. The van der Waals surface area contributed by atoms with Crippen molar-refractivity contribution >= 4 is 0 Å². The maximum atomic E-state index is 2.40. The monoisotopic (exact) mass is 135 g/mol. The van der Waals surface area contributed by atoms with Crippen LogP contribution >= 0.6 is 0 Å². The Bertz CT molecular complexity index is 161. The van der Waals surface area contributed by atoms with Crippen molar-refractivity contribution < 1.29 is 0 Å². The van der Waals surface area contributed by atoms with Gasteiger partial charge in [0, 0.05) is 13.1 Å². The summed E-state index contributed by atoms with van der Waals surface area (Å²) in [5.41, 5.74) is 0. The third-order valence-electron chi connectivity index (χ3n) is 2.42. The van der Waals surface area contributed by atoms with E-state index in [1.165, 1.54) is 13.1 Å². The molecular weight excluding hydrogens is 122 g/mol. The molecule has 0 radical (unpaired) electrons. The SMILES string of the molecule is CN1CC2C=CC=CC2C1. The molecule has 2 unspecified atom stereocenters. The van der Waals surface area contributed by atoms with Crippen LogP contribution in [-0.2, 0) is 0 Å². The summed E-state index contributed by atoms with van der Waals surface area (Å²) >= 11 is 0. The van der Waals surface area contributed by atoms with E-state index in [2.05, 4.69) is 36.3 Å². The van der Waals surface area contributed by atoms with Gasteiger partial charge in [-0.25, -0.2) is 0 Å². The number of hydrogen-bond donors (Lipinski definition) is 0. The zero-order chi connectivity index (χ0) is 6.97. The third kappa shape index (κ3) is 0.907. The summed E-state index contributed by atoms with van der Waals surface area (Å²) in [5.74, 6) is 1.60. The molecule has 0 aromatic rings. The van der Waals surface area contributed by atoms with Gasteiger partial charge in [0.05, 0.1) is 0 Å². The van der Waals surface area contributed by atoms with E-state index in [4.69, 9.17) is 0 Å². The second-order valence-corrected chi connectivity index (χ2v) is 3.32. The Morgan fingerprint density at radius 2 is 1.60 bits per heavy atom. The Morgan fingerprint density at radius 3 is 2.10 bits per heavy atom. The molecule has 0 amide bonds. The van der Waals surface area contributed by atoms with Crippen molar-refractivity contribution in [3.63, 3.8) is 0 Å². The zero-order valence-corrected chi connectivity index (χ0v) is 6.33. The lowest BCUT2D eigenvalue weighted by molar-refractivity contribution is 0.404. The molecule has 1 saturated heterocycles. The molecule has 1 aliphatic heterocycles. The molecule has 2 aliphatic rings. The van der Waals surface area contributed by atoms with E-state index in [9.17, 15) is 0 Å². The van der Waals surface area contributed by atoms with E-state index in [0.717, 1.165) is 11.8 Å². The summed E-state index contributed by atoms with van der Waals surface area (Å²) in [4.78, 5) is 2.40. The lowest BCUT2D eigenvalue weighted by atomic mass is 9.92. The van der Waals surface area contributed by atoms with Crippen LogP contribution in [0.25, 0.3) is 0 Å². The fourth-order valence-electron chi connectivity index (χ4n) is 1.89. The second-order valence-electron chi connectivity index (χ2n) is 3.32. The predicted octanol–water partition coefficient (Wildman–Crippen LogP) is 1.29. The Labute approximate surface area is 62.0 Å². The fraction of sp³-hybridized carbons (Fsp3) is 0.556. The van der Waals surface area contributed by atoms with Gasteiger partial charge in [0.1, 0.15) is 0 Å². The molecule has 0 aromatic heterocycles. The predicted molar refractivity (Wildman–Crippen MR) is 42.8 cm³/mol. The van der Waals surface area contributed by atoms with E-state index in [1.54, 1.807) is 0 Å². The van der Waals surface area contributed by atoms with Crippen LogP contribution in [0.5, 0.6) is 0 Å². The molecule has 0 N–H and O–H groups in total. The van der Waals surface area contributed by atoms with Crippen LogP contribution in [0, 0.1) is 11.8 Å². The molecule has 1 fully saturated rings. The van der Waals surface area contributed by atoms with Crippen LogP contribution in [0.15, 0.2) is 24.3 Å². The highest BCUT2D eigenvalue weighted by Gasteiger charge is 2.27. The van der Waals surface area contributed by atoms with Crippen molar-refractivity contribution in [1.82, 2.24) is 4.90 Å². The Balaban J connectivity index is 2.14. The van der Waals surface area contributed by atoms with Crippen molar-refractivity contribution in [2.24, 2.45) is 11.8 Å². The highest BCUT2D eigenvalue weighted by molar-refractivity contribution is 5.16. The lowest BCUT2D eigenvalue weighted by Crippen LogP contribution is -2.13. The number of allylic oxidation sites excluding steroid dienone is 2. The summed E-state index contributed by atoms with van der Waals surface area (Å²) in [6, 6.07) is 0. The highest BCUT2D eigenvalue weighted by atomic mass is 15.1. The first kappa shape index (κ1) is 6.17. The van der Waals surface area contributed by atoms with Gasteiger partial charge in [0.2, 0.25) is 0 Å². The maximum Gasteiger partial charge on any atom is 0.00478 e. The molecule has 0 bridgehead atoms. The Kier molecular flexibility index (Phi) is 1.38. The number of fused-ring (bicyclic) bond motifs is 1. The Morgan fingerprint density at radius 1 is 1.10 bits per heavy atom. The van der Waals surface area contributed by atoms with Gasteiger partial charge in [-0.2, -0.15) is 0 Å². The van der Waals surface area contributed by atoms with Gasteiger partial charge in [0.25, 0.3) is 0 Å². The molecule has 0 aromatic carbocycles. The topological polar surface area (TPSA) is 3.24 Å². The van der Waals surface area contributed by atoms with Crippen molar-refractivity contribution in [3.05, 3.63) is 24.3 Å². The van der Waals surface area contributed by atoms with Crippen molar-refractivity contribution in [2.75, 3.05) is 20.1 Å². The van der Waals surface area contributed by atoms with E-state index in [-0.39, 0.29) is 0 Å². The lowest BCUT2D eigenvalue weighted by Gasteiger charge is -2.11. The minimum Gasteiger partial charge on any atom is -0.305 e. The molecule has 2 rings (SSSR count). The first-order chi connectivity index (χ1) is 4.86. The number of likely N-dealkylation sites (tertiary alicyclic amines) is 1. The highest BCUT2D eigenvalue weighted by Crippen LogP contribution is 2.26. The van der Waals surface area contributed by atoms with Gasteiger partial charge >= 0.3 is 0 Å². The number of nitrogens with zero attached hydrogens (tertiary/aromatic N) is 1. The summed E-state index contributed by atoms with van der Waals surface area (Å²) in [6.45, 7) is 2.48. The van der Waals surface area contributed by atoms with Gasteiger partial charge in [-0.15, -0.1) is 0 Å². The minimum absolute atomic E-state index is 0.801. The van der Waals surface area contributed by atoms with Crippen LogP contribution in [0.3, 0.4) is 0 Å². The molecule has 0 spiro atoms. The van der Waals surface area contributed by atoms with E-state index in [1.807, 2.05) is 0 Å². The van der Waals surface area contributed by atoms with Crippen LogP contribution in [0.1, 0.15) is 0 Å². The maximum absolute atomic E-state index is 2.40. The molecule has 1 aliphatic carbocycles. The average molecular weight is 135 g/mol. The van der Waals surface area contributed by atoms with E-state index in [0.29, 0.717) is 0 Å². The number of hydrogen-bond acceptors (Lipinski definition) is 1. The van der Waals surface area contributed by atoms with Gasteiger partial charge in [-0.1, -0.05) is 24.3 Å². The first-order valence-electron chi connectivity index (χ1n) is 3.90. The van der Waals surface area contributed by atoms with Crippen molar-refractivity contribution in [2.45, 2.75) is 0 Å². The van der Waals surface area contributed by atoms with Crippen molar-refractivity contribution in [3.8, 4) is 0 Å². The van der Waals surface area contributed by atoms with Gasteiger partial charge in [-0.05, 0) is 18.9 Å². The van der Waals surface area contributed by atoms with Gasteiger partial charge < -0.3 is 4.90 Å². The normalized spacial score (nSPS) is 38.5. The first-order valence-corrected chi connectivity index (χ1v) is 3.90. The summed E-state index contributed by atoms with van der Waals surface area (Å²) in [7, 11) is 2.19. The van der Waals surface area contributed by atoms with Crippen molar-refractivity contribution in [1.29, 1.82) is 0 Å². The second kappa shape index (κ2) is 2.24. The summed E-state index contributed by atoms with van der Waals surface area (Å²) in [6.07, 6.45) is 8.99. The van der Waals surface area contributed by atoms with E-state index < -0.39 is 0 Å². The molecule has 0 saturated carbocycles. The van der Waals surface area contributed by atoms with Crippen LogP contribution < -0.4 is 0 Å². The van der Waals surface area contributed by atoms with Crippen LogP contribution in [0.2, 0.25) is 0 Å². The van der Waals surface area contributed by atoms with Crippen LogP contribution in [0.4, 0.5) is 0 Å².